The van der Waals surface area contributed by atoms with Gasteiger partial charge in [0, 0.05) is 50.5 Å². The molecule has 1 N–H and O–H groups in total. The summed E-state index contributed by atoms with van der Waals surface area (Å²) >= 11 is 6.31. The molecule has 0 bridgehead atoms. The van der Waals surface area contributed by atoms with Crippen LogP contribution in [0.5, 0.6) is 0 Å². The Morgan fingerprint density at radius 1 is 1.11 bits per heavy atom. The molecule has 6 heteroatoms. The van der Waals surface area contributed by atoms with Crippen molar-refractivity contribution >= 4 is 23.3 Å². The zero-order valence-corrected chi connectivity index (χ0v) is 16.9. The second kappa shape index (κ2) is 8.93. The van der Waals surface area contributed by atoms with E-state index in [-0.39, 0.29) is 5.91 Å². The van der Waals surface area contributed by atoms with Gasteiger partial charge < -0.3 is 10.2 Å². The number of carbonyl (C=O) groups excluding carboxylic acids is 1. The maximum absolute atomic E-state index is 12.9. The zero-order valence-electron chi connectivity index (χ0n) is 16.2. The van der Waals surface area contributed by atoms with E-state index in [2.05, 4.69) is 21.3 Å². The van der Waals surface area contributed by atoms with Gasteiger partial charge in [0.25, 0.3) is 5.91 Å². The minimum atomic E-state index is 0.0943. The van der Waals surface area contributed by atoms with Gasteiger partial charge in [-0.1, -0.05) is 23.7 Å². The van der Waals surface area contributed by atoms with Crippen molar-refractivity contribution in [3.8, 4) is 0 Å². The number of carbonyl (C=O) groups is 1. The van der Waals surface area contributed by atoms with Crippen LogP contribution in [0.15, 0.2) is 36.5 Å². The molecule has 2 aromatic rings. The molecule has 1 aromatic carbocycles. The molecule has 28 heavy (non-hydrogen) atoms. The molecule has 0 radical (unpaired) electrons. The first-order valence-electron chi connectivity index (χ1n) is 10.2. The average molecular weight is 399 g/mol. The Morgan fingerprint density at radius 3 is 2.82 bits per heavy atom. The molecule has 0 spiro atoms. The Balaban J connectivity index is 1.35. The van der Waals surface area contributed by atoms with Gasteiger partial charge in [-0.05, 0) is 55.0 Å². The maximum Gasteiger partial charge on any atom is 0.257 e. The van der Waals surface area contributed by atoms with Crippen LogP contribution in [0.1, 0.15) is 40.7 Å². The highest BCUT2D eigenvalue weighted by Crippen LogP contribution is 2.25. The van der Waals surface area contributed by atoms with Crippen LogP contribution >= 0.6 is 11.6 Å². The predicted molar refractivity (Wildman–Crippen MR) is 113 cm³/mol. The molecule has 2 aliphatic heterocycles. The minimum Gasteiger partial charge on any atom is -0.368 e. The zero-order chi connectivity index (χ0) is 19.3. The van der Waals surface area contributed by atoms with Crippen molar-refractivity contribution in [2.45, 2.75) is 32.2 Å². The van der Waals surface area contributed by atoms with E-state index in [1.807, 2.05) is 29.2 Å². The third-order valence-electron chi connectivity index (χ3n) is 5.69. The predicted octanol–water partition coefficient (Wildman–Crippen LogP) is 3.83. The molecule has 1 saturated heterocycles. The van der Waals surface area contributed by atoms with Crippen LogP contribution < -0.4 is 5.32 Å². The summed E-state index contributed by atoms with van der Waals surface area (Å²) in [6, 6.07) is 9.88. The van der Waals surface area contributed by atoms with Gasteiger partial charge in [-0.15, -0.1) is 0 Å². The highest BCUT2D eigenvalue weighted by Gasteiger charge is 2.22. The summed E-state index contributed by atoms with van der Waals surface area (Å²) in [7, 11) is 0. The van der Waals surface area contributed by atoms with E-state index in [0.717, 1.165) is 63.6 Å². The Kier molecular flexibility index (Phi) is 6.13. The third kappa shape index (κ3) is 4.31. The number of piperidine rings is 1. The van der Waals surface area contributed by atoms with E-state index < -0.39 is 0 Å². The largest absolute Gasteiger partial charge is 0.368 e. The van der Waals surface area contributed by atoms with Crippen LogP contribution in [-0.4, -0.2) is 53.4 Å². The number of nitrogens with one attached hydrogen (secondary N) is 1. The van der Waals surface area contributed by atoms with Crippen molar-refractivity contribution in [3.05, 3.63) is 58.2 Å². The second-order valence-corrected chi connectivity index (χ2v) is 7.99. The molecule has 2 aliphatic rings. The lowest BCUT2D eigenvalue weighted by Crippen LogP contribution is -2.36. The molecule has 0 atom stereocenters. The number of anilines is 1. The topological polar surface area (TPSA) is 48.5 Å². The Bertz CT molecular complexity index is 835. The Hall–Kier alpha value is -2.11. The number of nitrogens with zero attached hydrogens (tertiary/aromatic N) is 3. The highest BCUT2D eigenvalue weighted by atomic mass is 35.5. The quantitative estimate of drug-likeness (QED) is 0.831. The van der Waals surface area contributed by atoms with Crippen molar-refractivity contribution in [1.29, 1.82) is 0 Å². The molecular formula is C22H27ClN4O. The van der Waals surface area contributed by atoms with Crippen LogP contribution in [0, 0.1) is 0 Å². The fourth-order valence-electron chi connectivity index (χ4n) is 4.13. The van der Waals surface area contributed by atoms with Crippen LogP contribution in [0.2, 0.25) is 5.02 Å². The van der Waals surface area contributed by atoms with E-state index in [0.29, 0.717) is 11.4 Å². The first kappa shape index (κ1) is 19.2. The summed E-state index contributed by atoms with van der Waals surface area (Å²) < 4.78 is 0. The van der Waals surface area contributed by atoms with Gasteiger partial charge in [0.2, 0.25) is 0 Å². The van der Waals surface area contributed by atoms with Crippen LogP contribution in [-0.2, 0) is 13.0 Å². The molecule has 3 heterocycles. The molecule has 1 aromatic heterocycles. The van der Waals surface area contributed by atoms with Gasteiger partial charge in [0.05, 0.1) is 5.56 Å². The summed E-state index contributed by atoms with van der Waals surface area (Å²) in [5.74, 6) is 0.787. The lowest BCUT2D eigenvalue weighted by atomic mass is 10.00. The number of benzene rings is 1. The molecule has 1 fully saturated rings. The van der Waals surface area contributed by atoms with Crippen LogP contribution in [0.25, 0.3) is 0 Å². The summed E-state index contributed by atoms with van der Waals surface area (Å²) in [4.78, 5) is 21.7. The number of rotatable bonds is 5. The monoisotopic (exact) mass is 398 g/mol. The molecule has 0 aliphatic carbocycles. The van der Waals surface area contributed by atoms with Gasteiger partial charge >= 0.3 is 0 Å². The number of amides is 1. The van der Waals surface area contributed by atoms with Gasteiger partial charge in [0.15, 0.2) is 0 Å². The van der Waals surface area contributed by atoms with Gasteiger partial charge in [-0.25, -0.2) is 4.98 Å². The lowest BCUT2D eigenvalue weighted by molar-refractivity contribution is 0.0725. The first-order valence-corrected chi connectivity index (χ1v) is 10.6. The van der Waals surface area contributed by atoms with Crippen molar-refractivity contribution in [3.63, 3.8) is 0 Å². The Labute approximate surface area is 171 Å². The molecule has 148 valence electrons. The molecule has 5 nitrogen and oxygen atoms in total. The van der Waals surface area contributed by atoms with Crippen molar-refractivity contribution in [2.75, 3.05) is 38.0 Å². The van der Waals surface area contributed by atoms with Crippen LogP contribution in [0.3, 0.4) is 0 Å². The van der Waals surface area contributed by atoms with Crippen molar-refractivity contribution in [1.82, 2.24) is 14.8 Å². The molecule has 1 amide bonds. The van der Waals surface area contributed by atoms with Crippen molar-refractivity contribution in [2.24, 2.45) is 0 Å². The summed E-state index contributed by atoms with van der Waals surface area (Å²) in [6.07, 6.45) is 6.13. The fourth-order valence-corrected chi connectivity index (χ4v) is 4.42. The van der Waals surface area contributed by atoms with E-state index in [1.54, 1.807) is 6.20 Å². The van der Waals surface area contributed by atoms with Gasteiger partial charge in [0.1, 0.15) is 5.82 Å². The van der Waals surface area contributed by atoms with E-state index in [9.17, 15) is 4.79 Å². The molecular weight excluding hydrogens is 372 g/mol. The summed E-state index contributed by atoms with van der Waals surface area (Å²) in [5, 5.41) is 4.27. The number of aromatic nitrogens is 1. The third-order valence-corrected chi connectivity index (χ3v) is 6.04. The normalized spacial score (nSPS) is 17.2. The minimum absolute atomic E-state index is 0.0943. The summed E-state index contributed by atoms with van der Waals surface area (Å²) in [6.45, 7) is 5.28. The smallest absolute Gasteiger partial charge is 0.257 e. The maximum atomic E-state index is 12.9. The molecule has 4 rings (SSSR count). The number of fused-ring (bicyclic) bond motifs is 1. The van der Waals surface area contributed by atoms with Crippen molar-refractivity contribution < 1.29 is 4.79 Å². The van der Waals surface area contributed by atoms with Gasteiger partial charge in [-0.3, -0.25) is 9.69 Å². The van der Waals surface area contributed by atoms with Crippen LogP contribution in [0.4, 0.5) is 5.82 Å². The first-order chi connectivity index (χ1) is 13.7. The standard InChI is InChI=1S/C22H27ClN4O/c23-20-8-4-6-17-16-26(14-9-18(17)20)15-11-25-21-19(7-5-10-24-21)22(28)27-12-2-1-3-13-27/h4-8,10H,1-3,9,11-16H2,(H,24,25). The molecule has 0 saturated carbocycles. The van der Waals surface area contributed by atoms with E-state index in [1.165, 1.54) is 17.5 Å². The lowest BCUT2D eigenvalue weighted by Gasteiger charge is -2.29. The van der Waals surface area contributed by atoms with Gasteiger partial charge in [-0.2, -0.15) is 0 Å². The number of hydrogen-bond acceptors (Lipinski definition) is 4. The highest BCUT2D eigenvalue weighted by molar-refractivity contribution is 6.31. The second-order valence-electron chi connectivity index (χ2n) is 7.58. The van der Waals surface area contributed by atoms with E-state index in [4.69, 9.17) is 11.6 Å². The number of halogens is 1. The summed E-state index contributed by atoms with van der Waals surface area (Å²) in [5.41, 5.74) is 3.28. The number of pyridine rings is 1. The SMILES string of the molecule is O=C(c1cccnc1NCCN1CCc2c(Cl)cccc2C1)N1CCCCC1. The number of hydrogen-bond donors (Lipinski definition) is 1. The fraction of sp³-hybridized carbons (Fsp3) is 0.455. The average Bonchev–Trinajstić information content (AvgIpc) is 2.74. The molecule has 0 unspecified atom stereocenters. The van der Waals surface area contributed by atoms with E-state index >= 15 is 0 Å². The number of likely N-dealkylation sites (tertiary alicyclic amines) is 1. The Morgan fingerprint density at radius 2 is 1.96 bits per heavy atom.